The van der Waals surface area contributed by atoms with Crippen LogP contribution < -0.4 is 15.4 Å². The molecule has 0 aliphatic carbocycles. The summed E-state index contributed by atoms with van der Waals surface area (Å²) < 4.78 is 5.28. The summed E-state index contributed by atoms with van der Waals surface area (Å²) in [5.74, 6) is 0.495. The fourth-order valence-electron chi connectivity index (χ4n) is 2.30. The largest absolute Gasteiger partial charge is 0.482 e. The van der Waals surface area contributed by atoms with Crippen molar-refractivity contribution < 1.29 is 14.6 Å². The second kappa shape index (κ2) is 3.72. The molecule has 17 heavy (non-hydrogen) atoms. The molecule has 1 amide bonds. The van der Waals surface area contributed by atoms with Gasteiger partial charge in [-0.2, -0.15) is 0 Å². The molecule has 3 N–H and O–H groups in total. The van der Waals surface area contributed by atoms with Gasteiger partial charge in [0.15, 0.2) is 6.61 Å². The molecular weight excluding hydrogens is 220 g/mol. The van der Waals surface area contributed by atoms with Gasteiger partial charge in [0.25, 0.3) is 5.91 Å². The molecule has 1 atom stereocenters. The average Bonchev–Trinajstić information content (AvgIpc) is 2.76. The van der Waals surface area contributed by atoms with Crippen LogP contribution in [0.1, 0.15) is 12.0 Å². The van der Waals surface area contributed by atoms with Crippen molar-refractivity contribution in [2.45, 2.75) is 12.0 Å². The number of carbonyl (C=O) groups is 1. The molecule has 1 fully saturated rings. The molecule has 1 unspecified atom stereocenters. The lowest BCUT2D eigenvalue weighted by atomic mass is 9.92. The highest BCUT2D eigenvalue weighted by Crippen LogP contribution is 2.34. The molecule has 0 spiro atoms. The van der Waals surface area contributed by atoms with Gasteiger partial charge in [0.1, 0.15) is 11.4 Å². The molecule has 2 aliphatic rings. The highest BCUT2D eigenvalue weighted by Gasteiger charge is 2.33. The van der Waals surface area contributed by atoms with Crippen LogP contribution in [0.4, 0.5) is 5.69 Å². The second-order valence-electron chi connectivity index (χ2n) is 4.51. The van der Waals surface area contributed by atoms with Crippen molar-refractivity contribution in [3.8, 4) is 5.75 Å². The van der Waals surface area contributed by atoms with Gasteiger partial charge in [-0.25, -0.2) is 0 Å². The molecule has 5 heteroatoms. The zero-order chi connectivity index (χ0) is 11.9. The van der Waals surface area contributed by atoms with Crippen LogP contribution in [0.2, 0.25) is 0 Å². The van der Waals surface area contributed by atoms with E-state index in [0.29, 0.717) is 24.4 Å². The smallest absolute Gasteiger partial charge is 0.262 e. The highest BCUT2D eigenvalue weighted by molar-refractivity contribution is 5.95. The molecule has 5 nitrogen and oxygen atoms in total. The molecule has 0 bridgehead atoms. The molecule has 0 saturated carbocycles. The molecule has 2 heterocycles. The van der Waals surface area contributed by atoms with E-state index in [1.807, 2.05) is 6.07 Å². The first-order valence-electron chi connectivity index (χ1n) is 5.68. The molecular formula is C12H14N2O3. The Morgan fingerprint density at radius 3 is 3.06 bits per heavy atom. The van der Waals surface area contributed by atoms with Crippen molar-refractivity contribution in [1.82, 2.24) is 5.32 Å². The Labute approximate surface area is 98.8 Å². The number of aliphatic hydroxyl groups is 1. The summed E-state index contributed by atoms with van der Waals surface area (Å²) in [5.41, 5.74) is 0.614. The van der Waals surface area contributed by atoms with Crippen LogP contribution in [0.3, 0.4) is 0 Å². The van der Waals surface area contributed by atoms with E-state index < -0.39 is 5.60 Å². The van der Waals surface area contributed by atoms with E-state index in [4.69, 9.17) is 4.74 Å². The van der Waals surface area contributed by atoms with Gasteiger partial charge in [-0.15, -0.1) is 0 Å². The Morgan fingerprint density at radius 1 is 1.41 bits per heavy atom. The summed E-state index contributed by atoms with van der Waals surface area (Å²) in [5, 5.41) is 16.3. The predicted octanol–water partition coefficient (Wildman–Crippen LogP) is 0.198. The van der Waals surface area contributed by atoms with E-state index in [9.17, 15) is 9.90 Å². The van der Waals surface area contributed by atoms with Crippen LogP contribution in [0.5, 0.6) is 5.75 Å². The number of anilines is 1. The lowest BCUT2D eigenvalue weighted by Crippen LogP contribution is -2.30. The number of β-amino-alcohol motifs (C(OH)–C–C–N with tert-alkyl or cyclic N) is 1. The quantitative estimate of drug-likeness (QED) is 0.649. The Bertz CT molecular complexity index is 467. The summed E-state index contributed by atoms with van der Waals surface area (Å²) in [7, 11) is 0. The highest BCUT2D eigenvalue weighted by atomic mass is 16.5. The summed E-state index contributed by atoms with van der Waals surface area (Å²) >= 11 is 0. The third kappa shape index (κ3) is 1.77. The first-order valence-corrected chi connectivity index (χ1v) is 5.68. The van der Waals surface area contributed by atoms with Crippen molar-refractivity contribution in [1.29, 1.82) is 0 Å². The van der Waals surface area contributed by atoms with Crippen molar-refractivity contribution >= 4 is 11.6 Å². The van der Waals surface area contributed by atoms with Gasteiger partial charge in [0, 0.05) is 6.54 Å². The molecule has 2 aliphatic heterocycles. The van der Waals surface area contributed by atoms with Gasteiger partial charge in [0.05, 0.1) is 5.69 Å². The fourth-order valence-corrected chi connectivity index (χ4v) is 2.30. The number of rotatable bonds is 1. The second-order valence-corrected chi connectivity index (χ2v) is 4.51. The minimum atomic E-state index is -0.836. The number of nitrogens with one attached hydrogen (secondary N) is 2. The van der Waals surface area contributed by atoms with Crippen molar-refractivity contribution in [3.05, 3.63) is 23.8 Å². The van der Waals surface area contributed by atoms with Gasteiger partial charge in [0.2, 0.25) is 0 Å². The molecule has 1 aromatic rings. The fraction of sp³-hybridized carbons (Fsp3) is 0.417. The zero-order valence-corrected chi connectivity index (χ0v) is 9.32. The summed E-state index contributed by atoms with van der Waals surface area (Å²) in [6, 6.07) is 5.43. The van der Waals surface area contributed by atoms with Gasteiger partial charge in [-0.3, -0.25) is 4.79 Å². The number of carbonyl (C=O) groups excluding carboxylic acids is 1. The maximum absolute atomic E-state index is 11.2. The van der Waals surface area contributed by atoms with Crippen LogP contribution in [0, 0.1) is 0 Å². The van der Waals surface area contributed by atoms with Gasteiger partial charge < -0.3 is 20.5 Å². The van der Waals surface area contributed by atoms with E-state index in [1.54, 1.807) is 12.1 Å². The first kappa shape index (κ1) is 10.6. The van der Waals surface area contributed by atoms with Crippen molar-refractivity contribution in [3.63, 3.8) is 0 Å². The molecule has 3 rings (SSSR count). The number of benzene rings is 1. The molecule has 90 valence electrons. The maximum atomic E-state index is 11.2. The lowest BCUT2D eigenvalue weighted by molar-refractivity contribution is -0.118. The third-order valence-electron chi connectivity index (χ3n) is 3.28. The monoisotopic (exact) mass is 234 g/mol. The van der Waals surface area contributed by atoms with Crippen molar-refractivity contribution in [2.24, 2.45) is 0 Å². The Kier molecular flexibility index (Phi) is 2.31. The molecule has 1 saturated heterocycles. The van der Waals surface area contributed by atoms with E-state index in [-0.39, 0.29) is 12.5 Å². The number of amides is 1. The number of fused-ring (bicyclic) bond motifs is 1. The van der Waals surface area contributed by atoms with Crippen LogP contribution in [-0.2, 0) is 10.4 Å². The maximum Gasteiger partial charge on any atom is 0.262 e. The van der Waals surface area contributed by atoms with E-state index in [2.05, 4.69) is 10.6 Å². The van der Waals surface area contributed by atoms with E-state index in [0.717, 1.165) is 12.1 Å². The number of hydrogen-bond donors (Lipinski definition) is 3. The van der Waals surface area contributed by atoms with Gasteiger partial charge in [-0.1, -0.05) is 6.07 Å². The Morgan fingerprint density at radius 2 is 2.29 bits per heavy atom. The van der Waals surface area contributed by atoms with Crippen LogP contribution in [0.25, 0.3) is 0 Å². The minimum absolute atomic E-state index is 0.0537. The molecule has 0 radical (unpaired) electrons. The van der Waals surface area contributed by atoms with E-state index in [1.165, 1.54) is 0 Å². The third-order valence-corrected chi connectivity index (χ3v) is 3.28. The minimum Gasteiger partial charge on any atom is -0.482 e. The van der Waals surface area contributed by atoms with Crippen molar-refractivity contribution in [2.75, 3.05) is 25.0 Å². The Hall–Kier alpha value is -1.59. The standard InChI is InChI=1S/C12H14N2O3/c15-11-6-17-10-2-1-8(5-9(10)14-11)12(16)3-4-13-7-12/h1-2,5,13,16H,3-4,6-7H2,(H,14,15). The van der Waals surface area contributed by atoms with Gasteiger partial charge >= 0.3 is 0 Å². The summed E-state index contributed by atoms with van der Waals surface area (Å²) in [6.07, 6.45) is 0.681. The topological polar surface area (TPSA) is 70.6 Å². The van der Waals surface area contributed by atoms with Crippen LogP contribution in [0.15, 0.2) is 18.2 Å². The average molecular weight is 234 g/mol. The van der Waals surface area contributed by atoms with Crippen LogP contribution >= 0.6 is 0 Å². The zero-order valence-electron chi connectivity index (χ0n) is 9.32. The van der Waals surface area contributed by atoms with E-state index >= 15 is 0 Å². The predicted molar refractivity (Wildman–Crippen MR) is 62.0 cm³/mol. The molecule has 0 aromatic heterocycles. The van der Waals surface area contributed by atoms with Crippen LogP contribution in [-0.4, -0.2) is 30.7 Å². The molecule has 1 aromatic carbocycles. The number of hydrogen-bond acceptors (Lipinski definition) is 4. The Balaban J connectivity index is 1.97. The summed E-state index contributed by atoms with van der Waals surface area (Å²) in [6.45, 7) is 1.40. The van der Waals surface area contributed by atoms with Gasteiger partial charge in [-0.05, 0) is 30.7 Å². The SMILES string of the molecule is O=C1COc2ccc(C3(O)CCNC3)cc2N1. The lowest BCUT2D eigenvalue weighted by Gasteiger charge is -2.25. The normalized spacial score (nSPS) is 27.2. The summed E-state index contributed by atoms with van der Waals surface area (Å²) in [4.78, 5) is 11.2. The first-order chi connectivity index (χ1) is 8.17. The number of ether oxygens (including phenoxy) is 1.